The lowest BCUT2D eigenvalue weighted by Crippen LogP contribution is -2.36. The highest BCUT2D eigenvalue weighted by molar-refractivity contribution is 6.46. The smallest absolute Gasteiger partial charge is 0.295 e. The van der Waals surface area contributed by atoms with Gasteiger partial charge in [-0.25, -0.2) is 0 Å². The number of ether oxygens (including phenoxy) is 2. The first-order valence-corrected chi connectivity index (χ1v) is 10.2. The van der Waals surface area contributed by atoms with E-state index >= 15 is 0 Å². The number of halogens is 1. The van der Waals surface area contributed by atoms with Crippen LogP contribution in [0.1, 0.15) is 30.0 Å². The van der Waals surface area contributed by atoms with Crippen molar-refractivity contribution >= 4 is 29.1 Å². The maximum atomic E-state index is 13.0. The number of hydrogen-bond acceptors (Lipinski definition) is 5. The molecule has 2 unspecified atom stereocenters. The minimum Gasteiger partial charge on any atom is -0.507 e. The van der Waals surface area contributed by atoms with Crippen LogP contribution in [0.5, 0.6) is 5.75 Å². The van der Waals surface area contributed by atoms with Gasteiger partial charge in [0.05, 0.1) is 30.4 Å². The van der Waals surface area contributed by atoms with E-state index in [0.717, 1.165) is 12.8 Å². The summed E-state index contributed by atoms with van der Waals surface area (Å²) in [5, 5.41) is 11.7. The Morgan fingerprint density at radius 1 is 1.20 bits per heavy atom. The highest BCUT2D eigenvalue weighted by atomic mass is 35.5. The Morgan fingerprint density at radius 3 is 2.60 bits per heavy atom. The number of ketones is 1. The quantitative estimate of drug-likeness (QED) is 0.444. The van der Waals surface area contributed by atoms with Gasteiger partial charge in [-0.2, -0.15) is 0 Å². The largest absolute Gasteiger partial charge is 0.507 e. The molecule has 4 rings (SSSR count). The van der Waals surface area contributed by atoms with E-state index in [1.54, 1.807) is 48.5 Å². The number of likely N-dealkylation sites (tertiary alicyclic amines) is 1. The standard InChI is InChI=1S/C23H22ClNO5/c1-29-18-7-3-2-6-17(18)21(26)19-20(14-8-10-15(24)11-9-14)25(23(28)22(19)27)13-16-5-4-12-30-16/h2-3,6-11,16,20,26H,4-5,12-13H2,1H3/b21-19-. The molecule has 1 amide bonds. The van der Waals surface area contributed by atoms with Crippen molar-refractivity contribution in [3.8, 4) is 5.75 Å². The zero-order valence-corrected chi connectivity index (χ0v) is 17.3. The van der Waals surface area contributed by atoms with Crippen LogP contribution in [0.15, 0.2) is 54.1 Å². The number of carbonyl (C=O) groups excluding carboxylic acids is 2. The van der Waals surface area contributed by atoms with Gasteiger partial charge in [0.2, 0.25) is 0 Å². The molecule has 0 aliphatic carbocycles. The Labute approximate surface area is 179 Å². The second-order valence-corrected chi connectivity index (χ2v) is 7.77. The van der Waals surface area contributed by atoms with E-state index in [2.05, 4.69) is 0 Å². The molecule has 2 aliphatic heterocycles. The zero-order chi connectivity index (χ0) is 21.3. The summed E-state index contributed by atoms with van der Waals surface area (Å²) in [7, 11) is 1.48. The van der Waals surface area contributed by atoms with Gasteiger partial charge in [0, 0.05) is 18.2 Å². The fraction of sp³-hybridized carbons (Fsp3) is 0.304. The van der Waals surface area contributed by atoms with Gasteiger partial charge in [0.15, 0.2) is 0 Å². The molecule has 0 bridgehead atoms. The molecule has 0 aromatic heterocycles. The number of rotatable bonds is 5. The van der Waals surface area contributed by atoms with E-state index < -0.39 is 17.7 Å². The summed E-state index contributed by atoms with van der Waals surface area (Å²) in [5.74, 6) is -1.23. The topological polar surface area (TPSA) is 76.1 Å². The first kappa shape index (κ1) is 20.4. The van der Waals surface area contributed by atoms with Crippen LogP contribution in [0.25, 0.3) is 5.76 Å². The van der Waals surface area contributed by atoms with E-state index in [0.29, 0.717) is 28.5 Å². The number of methoxy groups -OCH3 is 1. The predicted molar refractivity (Wildman–Crippen MR) is 112 cm³/mol. The summed E-state index contributed by atoms with van der Waals surface area (Å²) >= 11 is 6.04. The van der Waals surface area contributed by atoms with Crippen molar-refractivity contribution in [3.05, 3.63) is 70.3 Å². The third-order valence-electron chi connectivity index (χ3n) is 5.51. The molecule has 2 fully saturated rings. The van der Waals surface area contributed by atoms with Gasteiger partial charge in [-0.15, -0.1) is 0 Å². The van der Waals surface area contributed by atoms with Crippen LogP contribution < -0.4 is 4.74 Å². The number of nitrogens with zero attached hydrogens (tertiary/aromatic N) is 1. The molecule has 2 aromatic carbocycles. The molecule has 2 aromatic rings. The molecular formula is C23H22ClNO5. The third-order valence-corrected chi connectivity index (χ3v) is 5.76. The molecule has 30 heavy (non-hydrogen) atoms. The number of benzene rings is 2. The van der Waals surface area contributed by atoms with Gasteiger partial charge in [-0.3, -0.25) is 9.59 Å². The highest BCUT2D eigenvalue weighted by Gasteiger charge is 2.47. The summed E-state index contributed by atoms with van der Waals surface area (Å²) < 4.78 is 11.0. The van der Waals surface area contributed by atoms with Crippen molar-refractivity contribution in [2.24, 2.45) is 0 Å². The molecule has 6 nitrogen and oxygen atoms in total. The average molecular weight is 428 g/mol. The van der Waals surface area contributed by atoms with Crippen LogP contribution in [0, 0.1) is 0 Å². The Bertz CT molecular complexity index is 995. The number of Topliss-reactive ketones (excluding diaryl/α,β-unsaturated/α-hetero) is 1. The number of aliphatic hydroxyl groups excluding tert-OH is 1. The molecule has 0 spiro atoms. The lowest BCUT2D eigenvalue weighted by molar-refractivity contribution is -0.140. The van der Waals surface area contributed by atoms with Crippen molar-refractivity contribution in [2.45, 2.75) is 25.0 Å². The molecule has 2 heterocycles. The monoisotopic (exact) mass is 427 g/mol. The van der Waals surface area contributed by atoms with Gasteiger partial charge < -0.3 is 19.5 Å². The fourth-order valence-electron chi connectivity index (χ4n) is 4.05. The number of para-hydroxylation sites is 1. The average Bonchev–Trinajstić information content (AvgIpc) is 3.36. The number of amides is 1. The van der Waals surface area contributed by atoms with Gasteiger partial charge >= 0.3 is 0 Å². The van der Waals surface area contributed by atoms with Crippen molar-refractivity contribution in [1.82, 2.24) is 4.90 Å². The second kappa shape index (κ2) is 8.50. The summed E-state index contributed by atoms with van der Waals surface area (Å²) in [4.78, 5) is 27.5. The molecule has 1 N–H and O–H groups in total. The van der Waals surface area contributed by atoms with E-state index in [1.165, 1.54) is 12.0 Å². The summed E-state index contributed by atoms with van der Waals surface area (Å²) in [6.45, 7) is 0.919. The van der Waals surface area contributed by atoms with Gasteiger partial charge in [0.25, 0.3) is 11.7 Å². The fourth-order valence-corrected chi connectivity index (χ4v) is 4.18. The number of aliphatic hydroxyl groups is 1. The first-order chi connectivity index (χ1) is 14.5. The Hall–Kier alpha value is -2.83. The normalized spacial score (nSPS) is 23.2. The van der Waals surface area contributed by atoms with Crippen LogP contribution >= 0.6 is 11.6 Å². The van der Waals surface area contributed by atoms with Crippen LogP contribution in [-0.2, 0) is 14.3 Å². The van der Waals surface area contributed by atoms with Gasteiger partial charge in [-0.1, -0.05) is 35.9 Å². The molecule has 156 valence electrons. The molecule has 0 radical (unpaired) electrons. The van der Waals surface area contributed by atoms with Crippen LogP contribution in [0.2, 0.25) is 5.02 Å². The van der Waals surface area contributed by atoms with E-state index in [-0.39, 0.29) is 24.0 Å². The van der Waals surface area contributed by atoms with E-state index in [9.17, 15) is 14.7 Å². The summed E-state index contributed by atoms with van der Waals surface area (Å²) in [6.07, 6.45) is 1.61. The molecule has 2 aliphatic rings. The van der Waals surface area contributed by atoms with Gasteiger partial charge in [-0.05, 0) is 42.7 Å². The van der Waals surface area contributed by atoms with Crippen molar-refractivity contribution in [3.63, 3.8) is 0 Å². The Morgan fingerprint density at radius 2 is 1.93 bits per heavy atom. The van der Waals surface area contributed by atoms with Crippen LogP contribution in [0.4, 0.5) is 0 Å². The minimum atomic E-state index is -0.739. The van der Waals surface area contributed by atoms with E-state index in [4.69, 9.17) is 21.1 Å². The minimum absolute atomic E-state index is 0.0322. The number of hydrogen-bond donors (Lipinski definition) is 1. The highest BCUT2D eigenvalue weighted by Crippen LogP contribution is 2.41. The lowest BCUT2D eigenvalue weighted by atomic mass is 9.95. The molecule has 2 saturated heterocycles. The van der Waals surface area contributed by atoms with Crippen molar-refractivity contribution in [2.75, 3.05) is 20.3 Å². The lowest BCUT2D eigenvalue weighted by Gasteiger charge is -2.27. The number of carbonyl (C=O) groups is 2. The molecule has 2 atom stereocenters. The molecule has 0 saturated carbocycles. The maximum Gasteiger partial charge on any atom is 0.295 e. The van der Waals surface area contributed by atoms with Crippen LogP contribution in [0.3, 0.4) is 0 Å². The first-order valence-electron chi connectivity index (χ1n) is 9.80. The van der Waals surface area contributed by atoms with E-state index in [1.807, 2.05) is 0 Å². The summed E-state index contributed by atoms with van der Waals surface area (Å²) in [5.41, 5.74) is 1.08. The van der Waals surface area contributed by atoms with Crippen LogP contribution in [-0.4, -0.2) is 48.1 Å². The Balaban J connectivity index is 1.85. The third kappa shape index (κ3) is 3.68. The SMILES string of the molecule is COc1ccccc1/C(O)=C1/C(=O)C(=O)N(CC2CCCO2)C1c1ccc(Cl)cc1. The second-order valence-electron chi connectivity index (χ2n) is 7.34. The van der Waals surface area contributed by atoms with Gasteiger partial charge in [0.1, 0.15) is 11.5 Å². The molecular weight excluding hydrogens is 406 g/mol. The zero-order valence-electron chi connectivity index (χ0n) is 16.5. The predicted octanol–water partition coefficient (Wildman–Crippen LogP) is 3.95. The summed E-state index contributed by atoms with van der Waals surface area (Å²) in [6, 6.07) is 13.0. The van der Waals surface area contributed by atoms with Crippen molar-refractivity contribution in [1.29, 1.82) is 0 Å². The van der Waals surface area contributed by atoms with Crippen molar-refractivity contribution < 1.29 is 24.2 Å². The Kier molecular flexibility index (Phi) is 5.79. The molecule has 7 heteroatoms. The maximum absolute atomic E-state index is 13.0.